The van der Waals surface area contributed by atoms with Gasteiger partial charge >= 0.3 is 0 Å². The molecule has 1 aromatic heterocycles. The molecule has 0 aliphatic heterocycles. The normalized spacial score (nSPS) is 12.7. The quantitative estimate of drug-likeness (QED) is 0.503. The minimum atomic E-state index is -0.136. The first-order valence-electron chi connectivity index (χ1n) is 10.1. The van der Waals surface area contributed by atoms with Crippen molar-refractivity contribution in [2.75, 3.05) is 19.0 Å². The highest BCUT2D eigenvalue weighted by Crippen LogP contribution is 2.41. The molecule has 0 saturated carbocycles. The molecule has 5 nitrogen and oxygen atoms in total. The van der Waals surface area contributed by atoms with Crippen LogP contribution in [0.2, 0.25) is 0 Å². The molecule has 0 bridgehead atoms. The molecule has 30 heavy (non-hydrogen) atoms. The molecule has 1 aliphatic carbocycles. The largest absolute Gasteiger partial charge is 0.497 e. The number of nitrogens with zero attached hydrogens (tertiary/aromatic N) is 1. The van der Waals surface area contributed by atoms with E-state index >= 15 is 0 Å². The lowest BCUT2D eigenvalue weighted by molar-refractivity contribution is 0.102. The number of hydrogen-bond donors (Lipinski definition) is 1. The third kappa shape index (κ3) is 4.24. The molecule has 6 heteroatoms. The summed E-state index contributed by atoms with van der Waals surface area (Å²) in [4.78, 5) is 19.2. The van der Waals surface area contributed by atoms with Crippen molar-refractivity contribution < 1.29 is 14.3 Å². The zero-order valence-electron chi connectivity index (χ0n) is 17.1. The van der Waals surface area contributed by atoms with Crippen LogP contribution in [0.15, 0.2) is 53.5 Å². The molecule has 154 valence electrons. The zero-order valence-corrected chi connectivity index (χ0v) is 17.9. The van der Waals surface area contributed by atoms with Gasteiger partial charge in [0.2, 0.25) is 0 Å². The number of carbonyl (C=O) groups excluding carboxylic acids is 1. The maximum absolute atomic E-state index is 13.3. The van der Waals surface area contributed by atoms with Crippen molar-refractivity contribution in [1.29, 1.82) is 0 Å². The Morgan fingerprint density at radius 2 is 1.97 bits per heavy atom. The van der Waals surface area contributed by atoms with Gasteiger partial charge in [0, 0.05) is 11.1 Å². The molecule has 0 saturated heterocycles. The number of fused-ring (bicyclic) bond motifs is 1. The second-order valence-electron chi connectivity index (χ2n) is 6.95. The van der Waals surface area contributed by atoms with E-state index in [1.54, 1.807) is 24.7 Å². The summed E-state index contributed by atoms with van der Waals surface area (Å²) in [5.74, 6) is 1.34. The molecule has 0 fully saturated rings. The molecule has 1 aliphatic rings. The summed E-state index contributed by atoms with van der Waals surface area (Å²) in [5, 5.41) is 3.79. The fourth-order valence-electron chi connectivity index (χ4n) is 3.57. The summed E-state index contributed by atoms with van der Waals surface area (Å²) in [5.41, 5.74) is 3.45. The first kappa shape index (κ1) is 20.2. The molecule has 4 rings (SSSR count). The number of rotatable bonds is 7. The monoisotopic (exact) mass is 420 g/mol. The number of aliphatic imine (C=N–C) groups is 1. The maximum atomic E-state index is 13.3. The van der Waals surface area contributed by atoms with Crippen LogP contribution in [0, 0.1) is 0 Å². The predicted octanol–water partition coefficient (Wildman–Crippen LogP) is 5.65. The van der Waals surface area contributed by atoms with Crippen molar-refractivity contribution >= 4 is 34.1 Å². The van der Waals surface area contributed by atoms with Crippen molar-refractivity contribution in [2.24, 2.45) is 4.99 Å². The third-order valence-electron chi connectivity index (χ3n) is 5.01. The Labute approximate surface area is 180 Å². The highest BCUT2D eigenvalue weighted by atomic mass is 32.1. The topological polar surface area (TPSA) is 59.9 Å². The van der Waals surface area contributed by atoms with Crippen LogP contribution in [-0.2, 0) is 12.8 Å². The van der Waals surface area contributed by atoms with E-state index in [2.05, 4.69) is 10.3 Å². The van der Waals surface area contributed by atoms with Gasteiger partial charge in [-0.3, -0.25) is 4.79 Å². The summed E-state index contributed by atoms with van der Waals surface area (Å²) >= 11 is 1.61. The predicted molar refractivity (Wildman–Crippen MR) is 122 cm³/mol. The fourth-order valence-corrected chi connectivity index (χ4v) is 4.80. The minimum absolute atomic E-state index is 0.136. The van der Waals surface area contributed by atoms with Gasteiger partial charge in [-0.25, -0.2) is 4.99 Å². The number of anilines is 1. The Morgan fingerprint density at radius 3 is 2.73 bits per heavy atom. The summed E-state index contributed by atoms with van der Waals surface area (Å²) < 4.78 is 10.9. The number of thiophene rings is 1. The summed E-state index contributed by atoms with van der Waals surface area (Å²) in [6.45, 7) is 2.47. The minimum Gasteiger partial charge on any atom is -0.497 e. The van der Waals surface area contributed by atoms with Crippen molar-refractivity contribution in [3.05, 3.63) is 70.1 Å². The summed E-state index contributed by atoms with van der Waals surface area (Å²) in [6.07, 6.45) is 4.80. The van der Waals surface area contributed by atoms with Gasteiger partial charge in [-0.15, -0.1) is 11.3 Å². The second-order valence-corrected chi connectivity index (χ2v) is 8.04. The molecule has 0 spiro atoms. The van der Waals surface area contributed by atoms with Crippen molar-refractivity contribution in [3.8, 4) is 11.5 Å². The second kappa shape index (κ2) is 9.13. The summed E-state index contributed by atoms with van der Waals surface area (Å²) in [6, 6.07) is 15.2. The number of para-hydroxylation sites is 2. The van der Waals surface area contributed by atoms with Crippen LogP contribution in [0.5, 0.6) is 11.5 Å². The van der Waals surface area contributed by atoms with Crippen LogP contribution in [-0.4, -0.2) is 25.8 Å². The van der Waals surface area contributed by atoms with Crippen LogP contribution >= 0.6 is 11.3 Å². The van der Waals surface area contributed by atoms with Gasteiger partial charge in [-0.2, -0.15) is 0 Å². The standard InChI is InChI=1S/C24H24N2O3S/c1-3-29-20-9-5-4-8-19(20)26-23(27)22-18-7-6-10-21(18)30-24(22)25-15-16-11-13-17(28-2)14-12-16/h4-5,8-9,11-15H,3,6-7,10H2,1-2H3,(H,26,27)/b25-15+. The van der Waals surface area contributed by atoms with Crippen molar-refractivity contribution in [2.45, 2.75) is 26.2 Å². The lowest BCUT2D eigenvalue weighted by atomic mass is 10.1. The van der Waals surface area contributed by atoms with Crippen LogP contribution in [0.1, 0.15) is 39.7 Å². The number of nitrogens with one attached hydrogen (secondary N) is 1. The number of methoxy groups -OCH3 is 1. The molecule has 1 heterocycles. The summed E-state index contributed by atoms with van der Waals surface area (Å²) in [7, 11) is 1.64. The Hall–Kier alpha value is -3.12. The Kier molecular flexibility index (Phi) is 6.14. The molecule has 2 aromatic carbocycles. The van der Waals surface area contributed by atoms with Crippen LogP contribution in [0.4, 0.5) is 10.7 Å². The highest BCUT2D eigenvalue weighted by molar-refractivity contribution is 7.16. The lowest BCUT2D eigenvalue weighted by Gasteiger charge is -2.12. The van der Waals surface area contributed by atoms with Gasteiger partial charge in [0.15, 0.2) is 0 Å². The highest BCUT2D eigenvalue weighted by Gasteiger charge is 2.26. The third-order valence-corrected chi connectivity index (χ3v) is 6.21. The van der Waals surface area contributed by atoms with E-state index in [4.69, 9.17) is 9.47 Å². The van der Waals surface area contributed by atoms with Crippen LogP contribution in [0.25, 0.3) is 0 Å². The molecular formula is C24H24N2O3S. The first-order chi connectivity index (χ1) is 14.7. The molecule has 0 atom stereocenters. The van der Waals surface area contributed by atoms with Crippen LogP contribution in [0.3, 0.4) is 0 Å². The van der Waals surface area contributed by atoms with E-state index in [9.17, 15) is 4.79 Å². The molecule has 0 unspecified atom stereocenters. The SMILES string of the molecule is CCOc1ccccc1NC(=O)c1c(/N=C/c2ccc(OC)cc2)sc2c1CCC2. The Bertz CT molecular complexity index is 1070. The Balaban J connectivity index is 1.63. The average Bonchev–Trinajstić information content (AvgIpc) is 3.35. The van der Waals surface area contributed by atoms with Gasteiger partial charge in [0.05, 0.1) is 25.0 Å². The molecule has 0 radical (unpaired) electrons. The maximum Gasteiger partial charge on any atom is 0.259 e. The Morgan fingerprint density at radius 1 is 1.17 bits per heavy atom. The number of aryl methyl sites for hydroxylation is 1. The molecular weight excluding hydrogens is 396 g/mol. The number of ether oxygens (including phenoxy) is 2. The van der Waals surface area contributed by atoms with Crippen molar-refractivity contribution in [3.63, 3.8) is 0 Å². The van der Waals surface area contributed by atoms with E-state index in [0.29, 0.717) is 23.6 Å². The molecule has 1 N–H and O–H groups in total. The number of hydrogen-bond acceptors (Lipinski definition) is 5. The van der Waals surface area contributed by atoms with E-state index in [1.807, 2.05) is 55.5 Å². The lowest BCUT2D eigenvalue weighted by Crippen LogP contribution is -2.14. The smallest absolute Gasteiger partial charge is 0.259 e. The van der Waals surface area contributed by atoms with E-state index < -0.39 is 0 Å². The van der Waals surface area contributed by atoms with Gasteiger partial charge in [0.1, 0.15) is 16.5 Å². The first-order valence-corrected chi connectivity index (χ1v) is 10.9. The number of carbonyl (C=O) groups is 1. The van der Waals surface area contributed by atoms with Gasteiger partial charge in [0.25, 0.3) is 5.91 Å². The van der Waals surface area contributed by atoms with Gasteiger partial charge in [-0.1, -0.05) is 12.1 Å². The van der Waals surface area contributed by atoms with Crippen LogP contribution < -0.4 is 14.8 Å². The fraction of sp³-hybridized carbons (Fsp3) is 0.250. The molecule has 1 amide bonds. The molecule has 3 aromatic rings. The van der Waals surface area contributed by atoms with E-state index in [1.165, 1.54) is 4.88 Å². The number of amides is 1. The zero-order chi connectivity index (χ0) is 20.9. The van der Waals surface area contributed by atoms with E-state index in [0.717, 1.165) is 41.1 Å². The van der Waals surface area contributed by atoms with E-state index in [-0.39, 0.29) is 5.91 Å². The average molecular weight is 421 g/mol. The van der Waals surface area contributed by atoms with Gasteiger partial charge < -0.3 is 14.8 Å². The van der Waals surface area contributed by atoms with Crippen molar-refractivity contribution in [1.82, 2.24) is 0 Å². The van der Waals surface area contributed by atoms with Gasteiger partial charge in [-0.05, 0) is 73.7 Å². The number of benzene rings is 2.